The zero-order valence-corrected chi connectivity index (χ0v) is 33.4. The highest BCUT2D eigenvalue weighted by atomic mass is 16.3. The highest BCUT2D eigenvalue weighted by Crippen LogP contribution is 2.53. The highest BCUT2D eigenvalue weighted by molar-refractivity contribution is 6.24. The second kappa shape index (κ2) is 12.3. The number of hydrogen-bond acceptors (Lipinski definition) is 1. The third-order valence-corrected chi connectivity index (χ3v) is 13.6. The van der Waals surface area contributed by atoms with Crippen molar-refractivity contribution in [2.45, 2.75) is 19.3 Å². The Morgan fingerprint density at radius 1 is 0.333 bits per heavy atom. The first-order chi connectivity index (χ1) is 29.5. The molecule has 11 aromatic carbocycles. The summed E-state index contributed by atoms with van der Waals surface area (Å²) in [6.07, 6.45) is 0. The topological polar surface area (TPSA) is 13.1 Å². The molecule has 1 aromatic heterocycles. The van der Waals surface area contributed by atoms with Gasteiger partial charge in [0.05, 0.1) is 0 Å². The fourth-order valence-electron chi connectivity index (χ4n) is 10.8. The Labute approximate surface area is 347 Å². The predicted molar refractivity (Wildman–Crippen MR) is 255 cm³/mol. The molecule has 0 saturated heterocycles. The summed E-state index contributed by atoms with van der Waals surface area (Å²) >= 11 is 0. The molecule has 60 heavy (non-hydrogen) atoms. The molecular weight excluding hydrogens is 725 g/mol. The van der Waals surface area contributed by atoms with Crippen molar-refractivity contribution >= 4 is 75.8 Å². The van der Waals surface area contributed by atoms with E-state index in [-0.39, 0.29) is 5.41 Å². The number of benzene rings is 11. The molecular formula is C59H38O. The van der Waals surface area contributed by atoms with E-state index < -0.39 is 0 Å². The van der Waals surface area contributed by atoms with Gasteiger partial charge in [-0.1, -0.05) is 178 Å². The van der Waals surface area contributed by atoms with Crippen LogP contribution in [0.15, 0.2) is 199 Å². The Morgan fingerprint density at radius 3 is 1.65 bits per heavy atom. The third kappa shape index (κ3) is 4.63. The molecule has 0 bridgehead atoms. The lowest BCUT2D eigenvalue weighted by molar-refractivity contribution is 0.657. The molecule has 0 amide bonds. The average molecular weight is 763 g/mol. The van der Waals surface area contributed by atoms with Crippen molar-refractivity contribution in [3.05, 3.63) is 205 Å². The summed E-state index contributed by atoms with van der Waals surface area (Å²) in [7, 11) is 0. The number of furan rings is 1. The van der Waals surface area contributed by atoms with Crippen LogP contribution >= 0.6 is 0 Å². The fraction of sp³-hybridized carbons (Fsp3) is 0.0508. The first-order valence-corrected chi connectivity index (χ1v) is 21.0. The van der Waals surface area contributed by atoms with E-state index in [2.05, 4.69) is 208 Å². The summed E-state index contributed by atoms with van der Waals surface area (Å²) in [4.78, 5) is 0. The lowest BCUT2D eigenvalue weighted by Crippen LogP contribution is -2.14. The second-order valence-corrected chi connectivity index (χ2v) is 17.2. The van der Waals surface area contributed by atoms with Crippen molar-refractivity contribution in [1.82, 2.24) is 0 Å². The van der Waals surface area contributed by atoms with Crippen LogP contribution in [0.4, 0.5) is 0 Å². The molecule has 1 heteroatoms. The van der Waals surface area contributed by atoms with Gasteiger partial charge in [-0.05, 0) is 134 Å². The van der Waals surface area contributed by atoms with Crippen molar-refractivity contribution < 1.29 is 4.42 Å². The molecule has 12 aromatic rings. The molecule has 0 aliphatic heterocycles. The first-order valence-electron chi connectivity index (χ1n) is 21.0. The van der Waals surface area contributed by atoms with Crippen LogP contribution in [0.1, 0.15) is 25.0 Å². The van der Waals surface area contributed by atoms with Crippen LogP contribution in [-0.4, -0.2) is 0 Å². The quantitative estimate of drug-likeness (QED) is 0.163. The minimum atomic E-state index is -0.0606. The van der Waals surface area contributed by atoms with Crippen LogP contribution in [0.3, 0.4) is 0 Å². The molecule has 0 unspecified atom stereocenters. The summed E-state index contributed by atoms with van der Waals surface area (Å²) in [6, 6.07) is 71.9. The third-order valence-electron chi connectivity index (χ3n) is 13.6. The maximum Gasteiger partial charge on any atom is 0.143 e. The largest absolute Gasteiger partial charge is 0.455 e. The predicted octanol–water partition coefficient (Wildman–Crippen LogP) is 16.7. The van der Waals surface area contributed by atoms with Gasteiger partial charge < -0.3 is 4.42 Å². The van der Waals surface area contributed by atoms with Gasteiger partial charge in [0.1, 0.15) is 11.2 Å². The van der Waals surface area contributed by atoms with E-state index >= 15 is 0 Å². The molecule has 1 aliphatic carbocycles. The average Bonchev–Trinajstić information content (AvgIpc) is 3.79. The van der Waals surface area contributed by atoms with Crippen LogP contribution in [0.25, 0.3) is 120 Å². The fourth-order valence-corrected chi connectivity index (χ4v) is 10.8. The molecule has 0 N–H and O–H groups in total. The molecule has 0 atom stereocenters. The van der Waals surface area contributed by atoms with Crippen molar-refractivity contribution in [3.63, 3.8) is 0 Å². The van der Waals surface area contributed by atoms with Gasteiger partial charge in [-0.25, -0.2) is 0 Å². The van der Waals surface area contributed by atoms with Crippen LogP contribution in [0.5, 0.6) is 0 Å². The van der Waals surface area contributed by atoms with Gasteiger partial charge in [-0.15, -0.1) is 0 Å². The zero-order valence-electron chi connectivity index (χ0n) is 33.4. The van der Waals surface area contributed by atoms with Crippen LogP contribution in [0, 0.1) is 0 Å². The van der Waals surface area contributed by atoms with E-state index in [1.807, 2.05) is 0 Å². The standard InChI is InChI=1S/C59H38O/c1-59(2)51-21-10-9-19-48(51)56-52(59)30-31-53-57(56)49-29-28-36-22-23-40(34-50(36)58(49)60-53)38-24-25-39-33-41(27-26-37(39)32-38)54-44-15-5-7-17-46(44)55(47-18-8-6-16-45(47)54)43-20-11-13-35-12-3-4-14-42(35)43/h3-34H,1-2H3. The van der Waals surface area contributed by atoms with Crippen molar-refractivity contribution in [1.29, 1.82) is 0 Å². The SMILES string of the molecule is CC1(C)c2ccccc2-c2c1ccc1oc3c4cc(-c5ccc6cc(-c7c8ccccc8c(-c8cccc9ccccc89)c8ccccc78)ccc6c5)ccc4ccc3c21. The van der Waals surface area contributed by atoms with Crippen molar-refractivity contribution in [2.75, 3.05) is 0 Å². The molecule has 0 saturated carbocycles. The van der Waals surface area contributed by atoms with E-state index in [0.717, 1.165) is 16.6 Å². The summed E-state index contributed by atoms with van der Waals surface area (Å²) in [5, 5.41) is 14.8. The van der Waals surface area contributed by atoms with E-state index in [9.17, 15) is 0 Å². The number of fused-ring (bicyclic) bond motifs is 13. The molecule has 13 rings (SSSR count). The Kier molecular flexibility index (Phi) is 6.85. The van der Waals surface area contributed by atoms with Gasteiger partial charge in [0, 0.05) is 21.6 Å². The van der Waals surface area contributed by atoms with E-state index in [1.165, 1.54) is 115 Å². The number of hydrogen-bond donors (Lipinski definition) is 0. The lowest BCUT2D eigenvalue weighted by atomic mass is 9.82. The first kappa shape index (κ1) is 33.5. The molecule has 0 spiro atoms. The van der Waals surface area contributed by atoms with Gasteiger partial charge in [0.2, 0.25) is 0 Å². The molecule has 0 radical (unpaired) electrons. The Hall–Kier alpha value is -7.48. The molecule has 1 heterocycles. The zero-order chi connectivity index (χ0) is 39.7. The minimum absolute atomic E-state index is 0.0606. The molecule has 1 aliphatic rings. The normalized spacial score (nSPS) is 13.3. The Bertz CT molecular complexity index is 3740. The maximum absolute atomic E-state index is 6.80. The Balaban J connectivity index is 0.946. The second-order valence-electron chi connectivity index (χ2n) is 17.2. The van der Waals surface area contributed by atoms with Crippen LogP contribution in [-0.2, 0) is 5.41 Å². The van der Waals surface area contributed by atoms with Gasteiger partial charge >= 0.3 is 0 Å². The molecule has 280 valence electrons. The summed E-state index contributed by atoms with van der Waals surface area (Å²) in [5.41, 5.74) is 14.7. The van der Waals surface area contributed by atoms with Gasteiger partial charge in [0.15, 0.2) is 0 Å². The summed E-state index contributed by atoms with van der Waals surface area (Å²) < 4.78 is 6.80. The number of rotatable bonds is 3. The van der Waals surface area contributed by atoms with Crippen molar-refractivity contribution in [2.24, 2.45) is 0 Å². The Morgan fingerprint density at radius 2 is 0.883 bits per heavy atom. The molecule has 1 nitrogen and oxygen atoms in total. The maximum atomic E-state index is 6.80. The van der Waals surface area contributed by atoms with Gasteiger partial charge in [-0.2, -0.15) is 0 Å². The lowest BCUT2D eigenvalue weighted by Gasteiger charge is -2.21. The van der Waals surface area contributed by atoms with E-state index in [0.29, 0.717) is 0 Å². The van der Waals surface area contributed by atoms with Gasteiger partial charge in [-0.3, -0.25) is 0 Å². The van der Waals surface area contributed by atoms with Gasteiger partial charge in [0.25, 0.3) is 0 Å². The highest BCUT2D eigenvalue weighted by Gasteiger charge is 2.37. The van der Waals surface area contributed by atoms with Crippen molar-refractivity contribution in [3.8, 4) is 44.5 Å². The minimum Gasteiger partial charge on any atom is -0.455 e. The van der Waals surface area contributed by atoms with Crippen LogP contribution < -0.4 is 0 Å². The summed E-state index contributed by atoms with van der Waals surface area (Å²) in [6.45, 7) is 4.68. The molecule has 0 fully saturated rings. The monoisotopic (exact) mass is 762 g/mol. The summed E-state index contributed by atoms with van der Waals surface area (Å²) in [5.74, 6) is 0. The van der Waals surface area contributed by atoms with Crippen LogP contribution in [0.2, 0.25) is 0 Å². The smallest absolute Gasteiger partial charge is 0.143 e. The van der Waals surface area contributed by atoms with E-state index in [1.54, 1.807) is 0 Å². The van der Waals surface area contributed by atoms with E-state index in [4.69, 9.17) is 4.42 Å².